The first-order chi connectivity index (χ1) is 7.21. The number of hydrogen-bond donors (Lipinski definition) is 1. The molecule has 1 fully saturated rings. The van der Waals surface area contributed by atoms with E-state index in [1.807, 2.05) is 5.01 Å². The van der Waals surface area contributed by atoms with Crippen LogP contribution in [-0.2, 0) is 4.43 Å². The van der Waals surface area contributed by atoms with Crippen molar-refractivity contribution in [1.29, 1.82) is 0 Å². The average Bonchev–Trinajstić information content (AvgIpc) is 2.15. The minimum atomic E-state index is -0.00696. The van der Waals surface area contributed by atoms with Gasteiger partial charge in [-0.3, -0.25) is 5.84 Å². The van der Waals surface area contributed by atoms with Crippen LogP contribution >= 0.6 is 0 Å². The lowest BCUT2D eigenvalue weighted by atomic mass is 9.83. The van der Waals surface area contributed by atoms with E-state index in [9.17, 15) is 0 Å². The largest absolute Gasteiger partial charge is 0.412 e. The zero-order valence-electron chi connectivity index (χ0n) is 11.3. The fourth-order valence-corrected chi connectivity index (χ4v) is 2.70. The van der Waals surface area contributed by atoms with E-state index in [-0.39, 0.29) is 10.6 Å². The highest BCUT2D eigenvalue weighted by atomic mass is 28.2. The van der Waals surface area contributed by atoms with Crippen LogP contribution in [0.15, 0.2) is 0 Å². The highest BCUT2D eigenvalue weighted by Crippen LogP contribution is 2.32. The fraction of sp³-hybridized carbons (Fsp3) is 1.00. The molecular formula is C12H26N2OSi. The Morgan fingerprint density at radius 2 is 1.62 bits per heavy atom. The van der Waals surface area contributed by atoms with Crippen LogP contribution in [0.1, 0.15) is 47.5 Å². The third kappa shape index (κ3) is 4.53. The van der Waals surface area contributed by atoms with Crippen molar-refractivity contribution in [2.45, 2.75) is 58.1 Å². The number of nitrogens with zero attached hydrogens (tertiary/aromatic N) is 1. The lowest BCUT2D eigenvalue weighted by molar-refractivity contribution is 0.00837. The van der Waals surface area contributed by atoms with E-state index >= 15 is 0 Å². The van der Waals surface area contributed by atoms with Gasteiger partial charge in [0.05, 0.1) is 5.60 Å². The Hall–Kier alpha value is 0.0969. The summed E-state index contributed by atoms with van der Waals surface area (Å²) in [6, 6.07) is 0. The van der Waals surface area contributed by atoms with Gasteiger partial charge in [-0.15, -0.1) is 0 Å². The van der Waals surface area contributed by atoms with Crippen molar-refractivity contribution in [3.05, 3.63) is 0 Å². The zero-order valence-corrected chi connectivity index (χ0v) is 12.3. The Morgan fingerprint density at radius 1 is 1.12 bits per heavy atom. The van der Waals surface area contributed by atoms with E-state index in [4.69, 9.17) is 10.3 Å². The summed E-state index contributed by atoms with van der Waals surface area (Å²) in [6.07, 6.45) is 2.30. The van der Waals surface area contributed by atoms with Crippen molar-refractivity contribution >= 4 is 9.76 Å². The second-order valence-electron chi connectivity index (χ2n) is 6.37. The molecule has 2 radical (unpaired) electrons. The van der Waals surface area contributed by atoms with E-state index in [0.29, 0.717) is 15.7 Å². The summed E-state index contributed by atoms with van der Waals surface area (Å²) in [5.74, 6) is 6.42. The monoisotopic (exact) mass is 242 g/mol. The lowest BCUT2D eigenvalue weighted by Gasteiger charge is -2.40. The van der Waals surface area contributed by atoms with Crippen molar-refractivity contribution in [3.8, 4) is 0 Å². The van der Waals surface area contributed by atoms with Crippen LogP contribution in [0.2, 0.25) is 5.04 Å². The van der Waals surface area contributed by atoms with Gasteiger partial charge in [0, 0.05) is 13.1 Å². The SMILES string of the molecule is CC(C)(C)[Si]OC(C)(C)C1CCN(N)CC1. The molecule has 0 aromatic heterocycles. The minimum absolute atomic E-state index is 0.00696. The molecule has 0 unspecified atom stereocenters. The number of hydrazine groups is 1. The van der Waals surface area contributed by atoms with Gasteiger partial charge in [0.25, 0.3) is 0 Å². The summed E-state index contributed by atoms with van der Waals surface area (Å²) in [6.45, 7) is 13.1. The predicted octanol–water partition coefficient (Wildman–Crippen LogP) is 2.20. The molecule has 0 amide bonds. The molecule has 0 saturated carbocycles. The molecule has 94 valence electrons. The quantitative estimate of drug-likeness (QED) is 0.609. The van der Waals surface area contributed by atoms with E-state index in [1.165, 1.54) is 0 Å². The van der Waals surface area contributed by atoms with E-state index in [0.717, 1.165) is 25.9 Å². The Kier molecular flexibility index (Phi) is 4.57. The van der Waals surface area contributed by atoms with Gasteiger partial charge in [0.15, 0.2) is 0 Å². The Morgan fingerprint density at radius 3 is 2.06 bits per heavy atom. The van der Waals surface area contributed by atoms with Crippen molar-refractivity contribution in [2.24, 2.45) is 11.8 Å². The standard InChI is InChI=1S/C12H26N2OSi/c1-11(2,3)16-15-12(4,5)10-6-8-14(13)9-7-10/h10H,6-9,13H2,1-5H3. The highest BCUT2D eigenvalue weighted by molar-refractivity contribution is 6.31. The normalized spacial score (nSPS) is 21.4. The predicted molar refractivity (Wildman–Crippen MR) is 69.1 cm³/mol. The topological polar surface area (TPSA) is 38.5 Å². The third-order valence-corrected chi connectivity index (χ3v) is 4.37. The Bertz CT molecular complexity index is 218. The van der Waals surface area contributed by atoms with Gasteiger partial charge in [-0.1, -0.05) is 20.8 Å². The summed E-state index contributed by atoms with van der Waals surface area (Å²) in [5.41, 5.74) is -0.00696. The molecule has 0 aliphatic carbocycles. The van der Waals surface area contributed by atoms with Gasteiger partial charge < -0.3 is 4.43 Å². The van der Waals surface area contributed by atoms with Gasteiger partial charge in [-0.25, -0.2) is 5.01 Å². The van der Waals surface area contributed by atoms with Gasteiger partial charge in [-0.05, 0) is 37.6 Å². The zero-order chi connectivity index (χ0) is 12.4. The molecular weight excluding hydrogens is 216 g/mol. The van der Waals surface area contributed by atoms with Crippen LogP contribution in [0.25, 0.3) is 0 Å². The molecule has 0 aromatic carbocycles. The van der Waals surface area contributed by atoms with Crippen LogP contribution in [0, 0.1) is 5.92 Å². The molecule has 2 N–H and O–H groups in total. The number of hydrogen-bond acceptors (Lipinski definition) is 3. The summed E-state index contributed by atoms with van der Waals surface area (Å²) in [7, 11) is 0.566. The molecule has 1 aliphatic rings. The Labute approximate surface area is 103 Å². The number of nitrogens with two attached hydrogens (primary N) is 1. The van der Waals surface area contributed by atoms with Crippen molar-refractivity contribution in [3.63, 3.8) is 0 Å². The second-order valence-corrected chi connectivity index (χ2v) is 8.28. The second kappa shape index (κ2) is 5.17. The first-order valence-corrected chi connectivity index (χ1v) is 7.06. The maximum absolute atomic E-state index is 6.14. The highest BCUT2D eigenvalue weighted by Gasteiger charge is 2.33. The summed E-state index contributed by atoms with van der Waals surface area (Å²) in [4.78, 5) is 0. The van der Waals surface area contributed by atoms with Crippen LogP contribution in [-0.4, -0.2) is 33.5 Å². The van der Waals surface area contributed by atoms with Crippen molar-refractivity contribution < 1.29 is 4.43 Å². The van der Waals surface area contributed by atoms with E-state index < -0.39 is 0 Å². The van der Waals surface area contributed by atoms with Crippen molar-refractivity contribution in [1.82, 2.24) is 5.01 Å². The summed E-state index contributed by atoms with van der Waals surface area (Å²) >= 11 is 0. The third-order valence-electron chi connectivity index (χ3n) is 3.13. The van der Waals surface area contributed by atoms with Crippen molar-refractivity contribution in [2.75, 3.05) is 13.1 Å². The molecule has 3 nitrogen and oxygen atoms in total. The molecule has 0 bridgehead atoms. The lowest BCUT2D eigenvalue weighted by Crippen LogP contribution is -2.46. The molecule has 1 saturated heterocycles. The van der Waals surface area contributed by atoms with E-state index in [2.05, 4.69) is 34.6 Å². The fourth-order valence-electron chi connectivity index (χ4n) is 1.96. The maximum Gasteiger partial charge on any atom is 0.236 e. The van der Waals surface area contributed by atoms with Gasteiger partial charge in [-0.2, -0.15) is 0 Å². The smallest absolute Gasteiger partial charge is 0.236 e. The average molecular weight is 242 g/mol. The first-order valence-electron chi connectivity index (χ1n) is 6.15. The van der Waals surface area contributed by atoms with Gasteiger partial charge >= 0.3 is 0 Å². The number of piperidine rings is 1. The van der Waals surface area contributed by atoms with Crippen LogP contribution in [0.4, 0.5) is 0 Å². The summed E-state index contributed by atoms with van der Waals surface area (Å²) in [5, 5.41) is 2.18. The van der Waals surface area contributed by atoms with Crippen LogP contribution < -0.4 is 5.84 Å². The molecule has 1 heterocycles. The molecule has 1 rings (SSSR count). The summed E-state index contributed by atoms with van der Waals surface area (Å²) < 4.78 is 6.14. The van der Waals surface area contributed by atoms with Gasteiger partial charge in [0.1, 0.15) is 0 Å². The molecule has 4 heteroatoms. The minimum Gasteiger partial charge on any atom is -0.412 e. The van der Waals surface area contributed by atoms with Crippen LogP contribution in [0.5, 0.6) is 0 Å². The van der Waals surface area contributed by atoms with E-state index in [1.54, 1.807) is 0 Å². The number of rotatable bonds is 3. The van der Waals surface area contributed by atoms with Crippen LogP contribution in [0.3, 0.4) is 0 Å². The Balaban J connectivity index is 2.44. The first kappa shape index (κ1) is 14.2. The molecule has 0 atom stereocenters. The maximum atomic E-state index is 6.14. The van der Waals surface area contributed by atoms with Gasteiger partial charge in [0.2, 0.25) is 9.76 Å². The molecule has 0 spiro atoms. The molecule has 0 aromatic rings. The molecule has 16 heavy (non-hydrogen) atoms. The molecule has 1 aliphatic heterocycles.